The van der Waals surface area contributed by atoms with E-state index in [1.165, 1.54) is 12.1 Å². The molecule has 1 aromatic carbocycles. The molecule has 0 spiro atoms. The maximum absolute atomic E-state index is 13.2. The van der Waals surface area contributed by atoms with Crippen LogP contribution in [0.15, 0.2) is 28.7 Å². The Labute approximate surface area is 159 Å². The summed E-state index contributed by atoms with van der Waals surface area (Å²) in [5, 5.41) is 8.07. The van der Waals surface area contributed by atoms with Crippen LogP contribution < -0.4 is 4.90 Å². The standard InChI is InChI=1S/C20H27FN4O2/c1-3-5-16(15-6-8-17(21)9-7-15)14-19(26)24-10-12-25(13-11-24)20-23-22-18(4-2)27-20/h6-9,16H,3-5,10-14H2,1-2H3. The van der Waals surface area contributed by atoms with E-state index in [0.717, 1.165) is 18.4 Å². The molecule has 0 bridgehead atoms. The first-order valence-electron chi connectivity index (χ1n) is 9.71. The van der Waals surface area contributed by atoms with Gasteiger partial charge in [-0.25, -0.2) is 4.39 Å². The van der Waals surface area contributed by atoms with E-state index in [1.807, 2.05) is 16.7 Å². The maximum Gasteiger partial charge on any atom is 0.318 e. The number of nitrogens with zero attached hydrogens (tertiary/aromatic N) is 4. The minimum Gasteiger partial charge on any atom is -0.408 e. The molecule has 1 aliphatic rings. The summed E-state index contributed by atoms with van der Waals surface area (Å²) in [6.07, 6.45) is 3.08. The van der Waals surface area contributed by atoms with E-state index < -0.39 is 0 Å². The van der Waals surface area contributed by atoms with Gasteiger partial charge in [-0.1, -0.05) is 37.5 Å². The third-order valence-electron chi connectivity index (χ3n) is 5.06. The molecule has 1 aliphatic heterocycles. The van der Waals surface area contributed by atoms with E-state index >= 15 is 0 Å². The number of aryl methyl sites for hydroxylation is 1. The van der Waals surface area contributed by atoms with Crippen LogP contribution in [0.4, 0.5) is 10.4 Å². The predicted molar refractivity (Wildman–Crippen MR) is 101 cm³/mol. The molecule has 1 aromatic heterocycles. The molecule has 7 heteroatoms. The highest BCUT2D eigenvalue weighted by Gasteiger charge is 2.26. The molecule has 0 radical (unpaired) electrons. The minimum atomic E-state index is -0.247. The zero-order valence-electron chi connectivity index (χ0n) is 16.0. The van der Waals surface area contributed by atoms with E-state index in [2.05, 4.69) is 17.1 Å². The molecule has 2 aromatic rings. The molecule has 146 valence electrons. The number of carbonyl (C=O) groups is 1. The quantitative estimate of drug-likeness (QED) is 0.743. The second kappa shape index (κ2) is 8.97. The topological polar surface area (TPSA) is 62.5 Å². The van der Waals surface area contributed by atoms with Crippen LogP contribution in [0.2, 0.25) is 0 Å². The molecule has 27 heavy (non-hydrogen) atoms. The maximum atomic E-state index is 13.2. The van der Waals surface area contributed by atoms with Gasteiger partial charge in [-0.05, 0) is 30.0 Å². The fraction of sp³-hybridized carbons (Fsp3) is 0.550. The zero-order chi connectivity index (χ0) is 19.2. The van der Waals surface area contributed by atoms with Crippen LogP contribution in [0.25, 0.3) is 0 Å². The normalized spacial score (nSPS) is 15.8. The number of halogens is 1. The average Bonchev–Trinajstić information content (AvgIpc) is 3.17. The van der Waals surface area contributed by atoms with E-state index in [0.29, 0.717) is 50.9 Å². The summed E-state index contributed by atoms with van der Waals surface area (Å²) in [7, 11) is 0. The monoisotopic (exact) mass is 374 g/mol. The molecule has 0 N–H and O–H groups in total. The van der Waals surface area contributed by atoms with E-state index in [1.54, 1.807) is 12.1 Å². The van der Waals surface area contributed by atoms with E-state index in [-0.39, 0.29) is 17.6 Å². The lowest BCUT2D eigenvalue weighted by Gasteiger charge is -2.34. The zero-order valence-corrected chi connectivity index (χ0v) is 16.0. The van der Waals surface area contributed by atoms with Crippen molar-refractivity contribution in [1.29, 1.82) is 0 Å². The van der Waals surface area contributed by atoms with Crippen LogP contribution in [-0.4, -0.2) is 47.2 Å². The van der Waals surface area contributed by atoms with Gasteiger partial charge in [0.05, 0.1) is 0 Å². The molecule has 1 unspecified atom stereocenters. The summed E-state index contributed by atoms with van der Waals surface area (Å²) in [5.74, 6) is 0.662. The molecule has 1 atom stereocenters. The van der Waals surface area contributed by atoms with Gasteiger partial charge < -0.3 is 14.2 Å². The van der Waals surface area contributed by atoms with Gasteiger partial charge in [0.15, 0.2) is 0 Å². The van der Waals surface area contributed by atoms with Crippen molar-refractivity contribution in [3.63, 3.8) is 0 Å². The Bertz CT molecular complexity index is 739. The Morgan fingerprint density at radius 2 is 1.85 bits per heavy atom. The first kappa shape index (κ1) is 19.3. The largest absolute Gasteiger partial charge is 0.408 e. The summed E-state index contributed by atoms with van der Waals surface area (Å²) in [4.78, 5) is 16.7. The molecule has 2 heterocycles. The number of hydrogen-bond donors (Lipinski definition) is 0. The van der Waals surface area contributed by atoms with Crippen molar-refractivity contribution < 1.29 is 13.6 Å². The molecule has 0 saturated carbocycles. The van der Waals surface area contributed by atoms with Gasteiger partial charge in [0, 0.05) is 39.0 Å². The minimum absolute atomic E-state index is 0.129. The second-order valence-electron chi connectivity index (χ2n) is 6.94. The fourth-order valence-corrected chi connectivity index (χ4v) is 3.47. The number of anilines is 1. The Morgan fingerprint density at radius 3 is 2.44 bits per heavy atom. The first-order chi connectivity index (χ1) is 13.1. The number of piperazine rings is 1. The SMILES string of the molecule is CCCC(CC(=O)N1CCN(c2nnc(CC)o2)CC1)c1ccc(F)cc1. The van der Waals surface area contributed by atoms with Crippen molar-refractivity contribution in [3.05, 3.63) is 41.5 Å². The van der Waals surface area contributed by atoms with Crippen molar-refractivity contribution in [2.45, 2.75) is 45.4 Å². The summed E-state index contributed by atoms with van der Waals surface area (Å²) in [6.45, 7) is 6.74. The van der Waals surface area contributed by atoms with Crippen molar-refractivity contribution in [2.24, 2.45) is 0 Å². The highest BCUT2D eigenvalue weighted by Crippen LogP contribution is 2.26. The number of benzene rings is 1. The lowest BCUT2D eigenvalue weighted by Crippen LogP contribution is -2.49. The molecule has 6 nitrogen and oxygen atoms in total. The highest BCUT2D eigenvalue weighted by atomic mass is 19.1. The Morgan fingerprint density at radius 1 is 1.15 bits per heavy atom. The summed E-state index contributed by atoms with van der Waals surface area (Å²) in [6, 6.07) is 7.06. The lowest BCUT2D eigenvalue weighted by atomic mass is 9.91. The van der Waals surface area contributed by atoms with Crippen molar-refractivity contribution in [3.8, 4) is 0 Å². The van der Waals surface area contributed by atoms with Crippen LogP contribution in [0.3, 0.4) is 0 Å². The Kier molecular flexibility index (Phi) is 6.42. The summed E-state index contributed by atoms with van der Waals surface area (Å²) >= 11 is 0. The van der Waals surface area contributed by atoms with Crippen LogP contribution in [0.5, 0.6) is 0 Å². The summed E-state index contributed by atoms with van der Waals surface area (Å²) < 4.78 is 18.8. The average molecular weight is 374 g/mol. The van der Waals surface area contributed by atoms with Gasteiger partial charge in [-0.15, -0.1) is 5.10 Å². The predicted octanol–water partition coefficient (Wildman–Crippen LogP) is 3.39. The first-order valence-corrected chi connectivity index (χ1v) is 9.71. The van der Waals surface area contributed by atoms with Crippen molar-refractivity contribution in [1.82, 2.24) is 15.1 Å². The number of aromatic nitrogens is 2. The number of rotatable bonds is 7. The molecular formula is C20H27FN4O2. The molecule has 1 fully saturated rings. The van der Waals surface area contributed by atoms with Gasteiger partial charge in [0.2, 0.25) is 11.8 Å². The highest BCUT2D eigenvalue weighted by molar-refractivity contribution is 5.77. The van der Waals surface area contributed by atoms with Crippen molar-refractivity contribution in [2.75, 3.05) is 31.1 Å². The second-order valence-corrected chi connectivity index (χ2v) is 6.94. The third-order valence-corrected chi connectivity index (χ3v) is 5.06. The Hall–Kier alpha value is -2.44. The van der Waals surface area contributed by atoms with E-state index in [9.17, 15) is 9.18 Å². The van der Waals surface area contributed by atoms with Gasteiger partial charge >= 0.3 is 6.01 Å². The molecule has 0 aliphatic carbocycles. The fourth-order valence-electron chi connectivity index (χ4n) is 3.47. The van der Waals surface area contributed by atoms with Crippen molar-refractivity contribution >= 4 is 11.9 Å². The third kappa shape index (κ3) is 4.84. The Balaban J connectivity index is 1.56. The van der Waals surface area contributed by atoms with Gasteiger partial charge in [0.1, 0.15) is 5.82 Å². The van der Waals surface area contributed by atoms with Crippen LogP contribution in [0, 0.1) is 5.82 Å². The van der Waals surface area contributed by atoms with Gasteiger partial charge in [-0.2, -0.15) is 0 Å². The van der Waals surface area contributed by atoms with E-state index in [4.69, 9.17) is 4.42 Å². The van der Waals surface area contributed by atoms with Crippen LogP contribution in [-0.2, 0) is 11.2 Å². The molecule has 3 rings (SSSR count). The number of hydrogen-bond acceptors (Lipinski definition) is 5. The lowest BCUT2D eigenvalue weighted by molar-refractivity contribution is -0.132. The molecule has 1 amide bonds. The van der Waals surface area contributed by atoms with Crippen LogP contribution in [0.1, 0.15) is 50.5 Å². The van der Waals surface area contributed by atoms with Crippen LogP contribution >= 0.6 is 0 Å². The summed E-state index contributed by atoms with van der Waals surface area (Å²) in [5.41, 5.74) is 1.03. The van der Waals surface area contributed by atoms with Gasteiger partial charge in [-0.3, -0.25) is 4.79 Å². The molecular weight excluding hydrogens is 347 g/mol. The number of amides is 1. The molecule has 1 saturated heterocycles. The van der Waals surface area contributed by atoms with Gasteiger partial charge in [0.25, 0.3) is 0 Å². The smallest absolute Gasteiger partial charge is 0.318 e. The number of carbonyl (C=O) groups excluding carboxylic acids is 1.